The van der Waals surface area contributed by atoms with Gasteiger partial charge < -0.3 is 20.1 Å². The van der Waals surface area contributed by atoms with Gasteiger partial charge in [-0.05, 0) is 105 Å². The molecule has 0 saturated heterocycles. The highest BCUT2D eigenvalue weighted by molar-refractivity contribution is 5.75. The number of carbonyl (C=O) groups excluding carboxylic acids is 3. The zero-order valence-corrected chi connectivity index (χ0v) is 31.3. The topological polar surface area (TPSA) is 93.7 Å². The summed E-state index contributed by atoms with van der Waals surface area (Å²) < 4.78 is 24.1. The third-order valence-electron chi connectivity index (χ3n) is 8.88. The highest BCUT2D eigenvalue weighted by Gasteiger charge is 2.28. The summed E-state index contributed by atoms with van der Waals surface area (Å²) in [5, 5.41) is 5.92. The maximum absolute atomic E-state index is 12.9. The molecule has 4 aromatic carbocycles. The predicted octanol–water partition coefficient (Wildman–Crippen LogP) is 8.38. The van der Waals surface area contributed by atoms with Crippen LogP contribution in [0.5, 0.6) is 5.75 Å². The zero-order valence-electron chi connectivity index (χ0n) is 31.3. The Morgan fingerprint density at radius 3 is 2.15 bits per heavy atom. The summed E-state index contributed by atoms with van der Waals surface area (Å²) in [5.41, 5.74) is 6.01. The van der Waals surface area contributed by atoms with Crippen molar-refractivity contribution in [2.45, 2.75) is 85.4 Å². The van der Waals surface area contributed by atoms with E-state index in [1.54, 1.807) is 12.1 Å². The average molecular weight is 719 g/mol. The summed E-state index contributed by atoms with van der Waals surface area (Å²) in [6.45, 7) is 8.97. The minimum atomic E-state index is -0.254. The number of esters is 1. The SMILES string of the molecule is CC(=O)NC1CC(C)CC(CC(=O)OCc2ccc(OCCCC(=O)NCc3ccc(C)cc3)cc2)C1.Cc1ccc(C#Cc2cccc(F)c2)cc1. The Morgan fingerprint density at radius 2 is 1.47 bits per heavy atom. The lowest BCUT2D eigenvalue weighted by Crippen LogP contribution is -2.39. The number of aryl methyl sites for hydroxylation is 2. The number of ether oxygens (including phenoxy) is 2. The molecule has 0 bridgehead atoms. The maximum Gasteiger partial charge on any atom is 0.306 e. The predicted molar refractivity (Wildman–Crippen MR) is 206 cm³/mol. The fraction of sp³-hybridized carbons (Fsp3) is 0.356. The minimum absolute atomic E-state index is 0.00894. The average Bonchev–Trinajstić information content (AvgIpc) is 3.12. The fourth-order valence-corrected chi connectivity index (χ4v) is 6.22. The minimum Gasteiger partial charge on any atom is -0.494 e. The van der Waals surface area contributed by atoms with Gasteiger partial charge in [-0.2, -0.15) is 0 Å². The van der Waals surface area contributed by atoms with Gasteiger partial charge in [0.05, 0.1) is 6.61 Å². The van der Waals surface area contributed by atoms with Crippen molar-refractivity contribution in [2.24, 2.45) is 11.8 Å². The first-order valence-electron chi connectivity index (χ1n) is 18.3. The molecular weight excluding hydrogens is 668 g/mol. The fourth-order valence-electron chi connectivity index (χ4n) is 6.22. The summed E-state index contributed by atoms with van der Waals surface area (Å²) >= 11 is 0. The van der Waals surface area contributed by atoms with E-state index in [-0.39, 0.29) is 42.2 Å². The first-order valence-corrected chi connectivity index (χ1v) is 18.3. The van der Waals surface area contributed by atoms with Crippen LogP contribution >= 0.6 is 0 Å². The van der Waals surface area contributed by atoms with E-state index in [9.17, 15) is 18.8 Å². The van der Waals surface area contributed by atoms with Crippen LogP contribution in [-0.2, 0) is 32.3 Å². The Morgan fingerprint density at radius 1 is 0.811 bits per heavy atom. The van der Waals surface area contributed by atoms with Gasteiger partial charge in [-0.15, -0.1) is 0 Å². The second-order valence-electron chi connectivity index (χ2n) is 13.9. The highest BCUT2D eigenvalue weighted by Crippen LogP contribution is 2.31. The number of hydrogen-bond donors (Lipinski definition) is 2. The molecule has 0 aromatic heterocycles. The summed E-state index contributed by atoms with van der Waals surface area (Å²) in [6.07, 6.45) is 4.17. The highest BCUT2D eigenvalue weighted by atomic mass is 19.1. The van der Waals surface area contributed by atoms with Crippen LogP contribution in [0.1, 0.15) is 85.8 Å². The van der Waals surface area contributed by atoms with Crippen molar-refractivity contribution in [3.8, 4) is 17.6 Å². The lowest BCUT2D eigenvalue weighted by atomic mass is 9.78. The van der Waals surface area contributed by atoms with E-state index in [0.29, 0.717) is 43.9 Å². The van der Waals surface area contributed by atoms with E-state index in [1.807, 2.05) is 86.6 Å². The van der Waals surface area contributed by atoms with Gasteiger partial charge in [0.15, 0.2) is 0 Å². The maximum atomic E-state index is 12.9. The van der Waals surface area contributed by atoms with Gasteiger partial charge >= 0.3 is 5.97 Å². The Bertz CT molecular complexity index is 1830. The standard InChI is InChI=1S/C30H40N2O5.C15H11F/c1-21-6-8-24(9-7-21)19-31-29(34)5-4-14-36-28-12-10-25(11-13-28)20-37-30(35)18-26-15-22(2)16-27(17-26)32-23(3)33;1-12-5-7-13(8-6-12)9-10-14-3-2-4-15(16)11-14/h6-13,22,26-27H,4-5,14-20H2,1-3H3,(H,31,34)(H,32,33);2-8,11H,1H3. The quantitative estimate of drug-likeness (QED) is 0.0873. The van der Waals surface area contributed by atoms with Crippen LogP contribution in [0, 0.1) is 43.3 Å². The third-order valence-corrected chi connectivity index (χ3v) is 8.88. The largest absolute Gasteiger partial charge is 0.494 e. The molecule has 1 fully saturated rings. The van der Waals surface area contributed by atoms with Crippen LogP contribution in [0.2, 0.25) is 0 Å². The molecule has 53 heavy (non-hydrogen) atoms. The summed E-state index contributed by atoms with van der Waals surface area (Å²) in [4.78, 5) is 35.8. The van der Waals surface area contributed by atoms with Crippen molar-refractivity contribution < 1.29 is 28.2 Å². The van der Waals surface area contributed by atoms with Gasteiger partial charge in [-0.1, -0.05) is 84.5 Å². The second kappa shape index (κ2) is 21.2. The van der Waals surface area contributed by atoms with Crippen LogP contribution in [0.4, 0.5) is 4.39 Å². The molecule has 1 aliphatic carbocycles. The Labute approximate surface area is 313 Å². The second-order valence-corrected chi connectivity index (χ2v) is 13.9. The molecule has 3 atom stereocenters. The van der Waals surface area contributed by atoms with E-state index in [2.05, 4.69) is 29.4 Å². The van der Waals surface area contributed by atoms with Crippen LogP contribution in [-0.4, -0.2) is 30.4 Å². The molecule has 8 heteroatoms. The lowest BCUT2D eigenvalue weighted by Gasteiger charge is -2.33. The molecule has 0 heterocycles. The molecule has 1 saturated carbocycles. The number of rotatable bonds is 12. The van der Waals surface area contributed by atoms with E-state index < -0.39 is 0 Å². The van der Waals surface area contributed by atoms with E-state index in [1.165, 1.54) is 30.2 Å². The number of amides is 2. The van der Waals surface area contributed by atoms with Gasteiger partial charge in [0.1, 0.15) is 18.2 Å². The van der Waals surface area contributed by atoms with Gasteiger partial charge in [0.2, 0.25) is 11.8 Å². The van der Waals surface area contributed by atoms with Crippen molar-refractivity contribution in [2.75, 3.05) is 6.61 Å². The Balaban J connectivity index is 0.000000324. The van der Waals surface area contributed by atoms with Gasteiger partial charge in [-0.25, -0.2) is 4.39 Å². The van der Waals surface area contributed by atoms with Gasteiger partial charge in [0, 0.05) is 43.5 Å². The molecule has 0 spiro atoms. The van der Waals surface area contributed by atoms with Crippen molar-refractivity contribution in [1.29, 1.82) is 0 Å². The molecule has 278 valence electrons. The molecule has 3 unspecified atom stereocenters. The van der Waals surface area contributed by atoms with Crippen LogP contribution in [0.25, 0.3) is 0 Å². The van der Waals surface area contributed by atoms with E-state index >= 15 is 0 Å². The van der Waals surface area contributed by atoms with Crippen LogP contribution in [0.15, 0.2) is 97.1 Å². The lowest BCUT2D eigenvalue weighted by molar-refractivity contribution is -0.146. The molecule has 0 aliphatic heterocycles. The smallest absolute Gasteiger partial charge is 0.306 e. The number of hydrogen-bond acceptors (Lipinski definition) is 5. The Hall–Kier alpha value is -5.42. The van der Waals surface area contributed by atoms with Crippen molar-refractivity contribution in [3.63, 3.8) is 0 Å². The molecule has 5 rings (SSSR count). The number of benzene rings is 4. The molecule has 7 nitrogen and oxygen atoms in total. The van der Waals surface area contributed by atoms with E-state index in [4.69, 9.17) is 9.47 Å². The first-order chi connectivity index (χ1) is 25.5. The van der Waals surface area contributed by atoms with Gasteiger partial charge in [-0.3, -0.25) is 14.4 Å². The van der Waals surface area contributed by atoms with E-state index in [0.717, 1.165) is 41.7 Å². The summed E-state index contributed by atoms with van der Waals surface area (Å²) in [5.74, 6) is 6.88. The molecule has 2 N–H and O–H groups in total. The molecule has 2 amide bonds. The zero-order chi connectivity index (χ0) is 38.0. The molecule has 1 aliphatic rings. The molecule has 4 aromatic rings. The summed E-state index contributed by atoms with van der Waals surface area (Å²) in [6, 6.07) is 29.9. The van der Waals surface area contributed by atoms with Crippen molar-refractivity contribution in [1.82, 2.24) is 10.6 Å². The van der Waals surface area contributed by atoms with Crippen molar-refractivity contribution >= 4 is 17.8 Å². The van der Waals surface area contributed by atoms with Crippen LogP contribution in [0.3, 0.4) is 0 Å². The first kappa shape index (κ1) is 40.4. The number of carbonyl (C=O) groups is 3. The number of halogens is 1. The van der Waals surface area contributed by atoms with Crippen molar-refractivity contribution in [3.05, 3.63) is 136 Å². The van der Waals surface area contributed by atoms with Gasteiger partial charge in [0.25, 0.3) is 0 Å². The molecule has 0 radical (unpaired) electrons. The summed E-state index contributed by atoms with van der Waals surface area (Å²) in [7, 11) is 0. The number of nitrogens with one attached hydrogen (secondary N) is 2. The Kier molecular flexibility index (Phi) is 16.1. The third kappa shape index (κ3) is 15.8. The monoisotopic (exact) mass is 718 g/mol. The normalized spacial score (nSPS) is 16.1. The molecular formula is C45H51FN2O5. The van der Waals surface area contributed by atoms with Crippen LogP contribution < -0.4 is 15.4 Å².